The van der Waals surface area contributed by atoms with Crippen LogP contribution in [0.3, 0.4) is 0 Å². The van der Waals surface area contributed by atoms with Crippen LogP contribution in [0.1, 0.15) is 20.9 Å². The van der Waals surface area contributed by atoms with E-state index < -0.39 is 0 Å². The third-order valence-corrected chi connectivity index (χ3v) is 5.25. The zero-order valence-electron chi connectivity index (χ0n) is 14.5. The van der Waals surface area contributed by atoms with Gasteiger partial charge in [-0.05, 0) is 35.5 Å². The lowest BCUT2D eigenvalue weighted by atomic mass is 10.2. The predicted molar refractivity (Wildman–Crippen MR) is 103 cm³/mol. The molecule has 0 fully saturated rings. The molecule has 4 rings (SSSR count). The van der Waals surface area contributed by atoms with E-state index in [1.54, 1.807) is 29.5 Å². The van der Waals surface area contributed by atoms with Gasteiger partial charge in [-0.15, -0.1) is 16.4 Å². The van der Waals surface area contributed by atoms with Gasteiger partial charge in [0.15, 0.2) is 0 Å². The van der Waals surface area contributed by atoms with E-state index in [9.17, 15) is 4.79 Å². The Hall–Kier alpha value is -3.39. The minimum Gasteiger partial charge on any atom is -0.347 e. The Morgan fingerprint density at radius 3 is 2.78 bits per heavy atom. The molecule has 2 heterocycles. The summed E-state index contributed by atoms with van der Waals surface area (Å²) in [6.07, 6.45) is 1.49. The van der Waals surface area contributed by atoms with Gasteiger partial charge >= 0.3 is 0 Å². The van der Waals surface area contributed by atoms with Gasteiger partial charge in [-0.25, -0.2) is 9.67 Å². The number of nitrogens with zero attached hydrogens (tertiary/aromatic N) is 5. The van der Waals surface area contributed by atoms with E-state index in [1.807, 2.05) is 43.3 Å². The number of carbonyl (C=O) groups is 1. The number of hydrogen-bond acceptors (Lipinski definition) is 6. The topological polar surface area (TPSA) is 85.6 Å². The largest absolute Gasteiger partial charge is 0.347 e. The van der Waals surface area contributed by atoms with Crippen molar-refractivity contribution in [2.75, 3.05) is 0 Å². The molecule has 4 aromatic rings. The Bertz CT molecular complexity index is 1060. The molecule has 2 aromatic heterocycles. The van der Waals surface area contributed by atoms with E-state index in [-0.39, 0.29) is 5.91 Å². The molecule has 0 radical (unpaired) electrons. The highest BCUT2D eigenvalue weighted by Gasteiger charge is 2.12. The summed E-state index contributed by atoms with van der Waals surface area (Å²) >= 11 is 1.59. The summed E-state index contributed by atoms with van der Waals surface area (Å²) in [4.78, 5) is 18.2. The van der Waals surface area contributed by atoms with Crippen molar-refractivity contribution >= 4 is 17.2 Å². The molecule has 0 bridgehead atoms. The van der Waals surface area contributed by atoms with Gasteiger partial charge in [0, 0.05) is 16.0 Å². The zero-order valence-corrected chi connectivity index (χ0v) is 15.3. The molecule has 0 spiro atoms. The molecule has 0 aliphatic heterocycles. The van der Waals surface area contributed by atoms with Crippen LogP contribution >= 0.6 is 11.3 Å². The second kappa shape index (κ2) is 7.46. The van der Waals surface area contributed by atoms with E-state index in [4.69, 9.17) is 0 Å². The first kappa shape index (κ1) is 17.0. The molecule has 7 nitrogen and oxygen atoms in total. The fourth-order valence-corrected chi connectivity index (χ4v) is 3.64. The first-order chi connectivity index (χ1) is 13.2. The molecule has 1 N–H and O–H groups in total. The lowest BCUT2D eigenvalue weighted by Crippen LogP contribution is -2.22. The summed E-state index contributed by atoms with van der Waals surface area (Å²) < 4.78 is 1.51. The number of aryl methyl sites for hydroxylation is 1. The number of tetrazole rings is 1. The highest BCUT2D eigenvalue weighted by Crippen LogP contribution is 2.27. The highest BCUT2D eigenvalue weighted by atomic mass is 32.1. The second-order valence-electron chi connectivity index (χ2n) is 5.88. The number of nitrogens with one attached hydrogen (secondary N) is 1. The molecule has 8 heteroatoms. The van der Waals surface area contributed by atoms with E-state index >= 15 is 0 Å². The van der Waals surface area contributed by atoms with Crippen molar-refractivity contribution in [3.05, 3.63) is 77.1 Å². The molecule has 2 aromatic carbocycles. The second-order valence-corrected chi connectivity index (χ2v) is 6.96. The predicted octanol–water partition coefficient (Wildman–Crippen LogP) is 3.02. The summed E-state index contributed by atoms with van der Waals surface area (Å²) in [5.41, 5.74) is 3.29. The Morgan fingerprint density at radius 1 is 1.15 bits per heavy atom. The van der Waals surface area contributed by atoms with Crippen LogP contribution in [-0.4, -0.2) is 31.1 Å². The number of benzene rings is 2. The molecule has 27 heavy (non-hydrogen) atoms. The van der Waals surface area contributed by atoms with Gasteiger partial charge in [-0.3, -0.25) is 4.79 Å². The van der Waals surface area contributed by atoms with Crippen molar-refractivity contribution in [3.8, 4) is 16.3 Å². The number of carbonyl (C=O) groups excluding carboxylic acids is 1. The average Bonchev–Trinajstić information content (AvgIpc) is 3.37. The van der Waals surface area contributed by atoms with Gasteiger partial charge in [0.25, 0.3) is 5.91 Å². The van der Waals surface area contributed by atoms with Crippen LogP contribution in [0, 0.1) is 6.92 Å². The fourth-order valence-electron chi connectivity index (χ4n) is 2.63. The van der Waals surface area contributed by atoms with Crippen LogP contribution in [0.25, 0.3) is 16.3 Å². The maximum atomic E-state index is 12.5. The Balaban J connectivity index is 1.47. The van der Waals surface area contributed by atoms with Crippen LogP contribution in [0.2, 0.25) is 0 Å². The summed E-state index contributed by atoms with van der Waals surface area (Å²) in [5, 5.41) is 15.0. The molecule has 0 aliphatic carbocycles. The maximum Gasteiger partial charge on any atom is 0.251 e. The van der Waals surface area contributed by atoms with Crippen molar-refractivity contribution in [1.82, 2.24) is 30.5 Å². The molecule has 0 saturated heterocycles. The molecule has 0 aliphatic rings. The van der Waals surface area contributed by atoms with Crippen LogP contribution in [0.15, 0.2) is 60.9 Å². The van der Waals surface area contributed by atoms with E-state index in [0.717, 1.165) is 26.8 Å². The molecule has 0 atom stereocenters. The summed E-state index contributed by atoms with van der Waals surface area (Å²) in [6, 6.07) is 17.2. The summed E-state index contributed by atoms with van der Waals surface area (Å²) in [5.74, 6) is -0.154. The lowest BCUT2D eigenvalue weighted by molar-refractivity contribution is 0.0951. The number of thiazole rings is 1. The van der Waals surface area contributed by atoms with Crippen LogP contribution < -0.4 is 5.32 Å². The first-order valence-corrected chi connectivity index (χ1v) is 9.16. The number of aromatic nitrogens is 5. The Kier molecular flexibility index (Phi) is 4.71. The third kappa shape index (κ3) is 3.75. The minimum absolute atomic E-state index is 0.154. The van der Waals surface area contributed by atoms with Crippen molar-refractivity contribution in [1.29, 1.82) is 0 Å². The van der Waals surface area contributed by atoms with Crippen LogP contribution in [0.5, 0.6) is 0 Å². The normalized spacial score (nSPS) is 10.7. The van der Waals surface area contributed by atoms with Crippen LogP contribution in [-0.2, 0) is 6.54 Å². The van der Waals surface area contributed by atoms with Gasteiger partial charge in [0.05, 0.1) is 17.9 Å². The molecular formula is C19H16N6OS. The van der Waals surface area contributed by atoms with Gasteiger partial charge < -0.3 is 5.32 Å². The molecule has 134 valence electrons. The quantitative estimate of drug-likeness (QED) is 0.579. The van der Waals surface area contributed by atoms with Crippen molar-refractivity contribution in [2.24, 2.45) is 0 Å². The third-order valence-electron chi connectivity index (χ3n) is 4.04. The van der Waals surface area contributed by atoms with Crippen molar-refractivity contribution in [3.63, 3.8) is 0 Å². The average molecular weight is 376 g/mol. The molecule has 0 unspecified atom stereocenters. The zero-order chi connectivity index (χ0) is 18.6. The lowest BCUT2D eigenvalue weighted by Gasteiger charge is -2.06. The van der Waals surface area contributed by atoms with Gasteiger partial charge in [-0.2, -0.15) is 0 Å². The summed E-state index contributed by atoms with van der Waals surface area (Å²) in [7, 11) is 0. The van der Waals surface area contributed by atoms with Gasteiger partial charge in [0.2, 0.25) is 0 Å². The Morgan fingerprint density at radius 2 is 2.00 bits per heavy atom. The van der Waals surface area contributed by atoms with E-state index in [1.165, 1.54) is 11.0 Å². The van der Waals surface area contributed by atoms with E-state index in [2.05, 4.69) is 25.8 Å². The summed E-state index contributed by atoms with van der Waals surface area (Å²) in [6.45, 7) is 2.40. The molecule has 1 amide bonds. The smallest absolute Gasteiger partial charge is 0.251 e. The first-order valence-electron chi connectivity index (χ1n) is 8.34. The van der Waals surface area contributed by atoms with Crippen molar-refractivity contribution < 1.29 is 4.79 Å². The highest BCUT2D eigenvalue weighted by molar-refractivity contribution is 7.15. The van der Waals surface area contributed by atoms with E-state index in [0.29, 0.717) is 12.1 Å². The fraction of sp³-hybridized carbons (Fsp3) is 0.105. The number of amides is 1. The van der Waals surface area contributed by atoms with Crippen molar-refractivity contribution in [2.45, 2.75) is 13.5 Å². The standard InChI is InChI=1S/C19H16N6OS/c1-13-17(27-19(22-13)14-6-3-2-4-7-14)11-20-18(26)15-8-5-9-16(10-15)25-12-21-23-24-25/h2-10,12H,11H2,1H3,(H,20,26). The minimum atomic E-state index is -0.154. The number of hydrogen-bond donors (Lipinski definition) is 1. The SMILES string of the molecule is Cc1nc(-c2ccccc2)sc1CNC(=O)c1cccc(-n2cnnn2)c1. The Labute approximate surface area is 159 Å². The monoisotopic (exact) mass is 376 g/mol. The van der Waals surface area contributed by atoms with Gasteiger partial charge in [0.1, 0.15) is 11.3 Å². The van der Waals surface area contributed by atoms with Gasteiger partial charge in [-0.1, -0.05) is 36.4 Å². The number of rotatable bonds is 5. The maximum absolute atomic E-state index is 12.5. The van der Waals surface area contributed by atoms with Crippen LogP contribution in [0.4, 0.5) is 0 Å². The molecular weight excluding hydrogens is 360 g/mol. The molecule has 0 saturated carbocycles.